The molecule has 1 aliphatic heterocycles. The number of hydrogen-bond donors (Lipinski definition) is 1. The number of hydrogen-bond acceptors (Lipinski definition) is 6. The van der Waals surface area contributed by atoms with Crippen LogP contribution in [0.15, 0.2) is 47.1 Å². The molecule has 0 saturated carbocycles. The molecule has 3 heterocycles. The van der Waals surface area contributed by atoms with Gasteiger partial charge in [0, 0.05) is 47.4 Å². The minimum Gasteiger partial charge on any atom is -0.480 e. The van der Waals surface area contributed by atoms with Crippen molar-refractivity contribution in [1.29, 1.82) is 5.26 Å². The lowest BCUT2D eigenvalue weighted by atomic mass is 9.94. The number of aromatic nitrogens is 3. The molecule has 0 bridgehead atoms. The van der Waals surface area contributed by atoms with Crippen LogP contribution in [0.5, 0.6) is 0 Å². The largest absolute Gasteiger partial charge is 0.480 e. The highest BCUT2D eigenvalue weighted by Gasteiger charge is 2.23. The van der Waals surface area contributed by atoms with Gasteiger partial charge in [0.2, 0.25) is 5.82 Å². The Balaban J connectivity index is 0.00000274. The third kappa shape index (κ3) is 4.16. The standard InChI is InChI=1S/C25H23N5O3.ClH/c1-15(2)30-13-18(11-26)21-10-16(6-7-22(21)30)25-27-24(28-33-25)20-5-3-4-17-12-29(14-23(31)32)9-8-19(17)20;/h3-7,10,13,15H,8-9,12,14H2,1-2H3,(H,31,32);1H. The first-order chi connectivity index (χ1) is 15.9. The molecule has 0 amide bonds. The molecule has 0 radical (unpaired) electrons. The van der Waals surface area contributed by atoms with Crippen molar-refractivity contribution < 1.29 is 14.4 Å². The van der Waals surface area contributed by atoms with Gasteiger partial charge in [-0.05, 0) is 49.6 Å². The number of halogens is 1. The van der Waals surface area contributed by atoms with Crippen LogP contribution in [0.4, 0.5) is 0 Å². The number of carboxylic acids is 1. The van der Waals surface area contributed by atoms with Gasteiger partial charge < -0.3 is 14.2 Å². The number of fused-ring (bicyclic) bond motifs is 2. The molecule has 2 aromatic heterocycles. The van der Waals surface area contributed by atoms with Crippen molar-refractivity contribution in [3.8, 4) is 28.9 Å². The zero-order chi connectivity index (χ0) is 23.1. The van der Waals surface area contributed by atoms with Crippen LogP contribution >= 0.6 is 12.4 Å². The summed E-state index contributed by atoms with van der Waals surface area (Å²) >= 11 is 0. The summed E-state index contributed by atoms with van der Waals surface area (Å²) in [5.74, 6) is 0.0839. The third-order valence-electron chi connectivity index (χ3n) is 6.13. The summed E-state index contributed by atoms with van der Waals surface area (Å²) in [4.78, 5) is 17.6. The number of rotatable bonds is 5. The third-order valence-corrected chi connectivity index (χ3v) is 6.13. The van der Waals surface area contributed by atoms with Crippen LogP contribution in [0.1, 0.15) is 36.6 Å². The lowest BCUT2D eigenvalue weighted by Crippen LogP contribution is -2.34. The Morgan fingerprint density at radius 1 is 1.29 bits per heavy atom. The lowest BCUT2D eigenvalue weighted by molar-refractivity contribution is -0.138. The Morgan fingerprint density at radius 2 is 2.12 bits per heavy atom. The van der Waals surface area contributed by atoms with Crippen LogP contribution in [-0.4, -0.2) is 43.8 Å². The maximum Gasteiger partial charge on any atom is 0.317 e. The molecule has 4 aromatic rings. The maximum atomic E-state index is 11.1. The van der Waals surface area contributed by atoms with Crippen molar-refractivity contribution >= 4 is 29.3 Å². The van der Waals surface area contributed by atoms with Crippen LogP contribution in [0.25, 0.3) is 33.7 Å². The highest BCUT2D eigenvalue weighted by atomic mass is 35.5. The molecular weight excluding hydrogens is 454 g/mol. The first-order valence-electron chi connectivity index (χ1n) is 10.9. The number of aliphatic carboxylic acids is 1. The van der Waals surface area contributed by atoms with Gasteiger partial charge in [0.05, 0.1) is 12.1 Å². The minimum absolute atomic E-state index is 0. The van der Waals surface area contributed by atoms with E-state index in [0.29, 0.717) is 30.4 Å². The van der Waals surface area contributed by atoms with E-state index in [1.807, 2.05) is 47.5 Å². The molecule has 174 valence electrons. The van der Waals surface area contributed by atoms with Crippen molar-refractivity contribution in [2.24, 2.45) is 0 Å². The van der Waals surface area contributed by atoms with Gasteiger partial charge in [0.25, 0.3) is 5.89 Å². The number of carboxylic acid groups (broad SMARTS) is 1. The van der Waals surface area contributed by atoms with Gasteiger partial charge in [0.15, 0.2) is 0 Å². The number of nitriles is 1. The first kappa shape index (κ1) is 23.5. The van der Waals surface area contributed by atoms with Gasteiger partial charge in [-0.15, -0.1) is 12.4 Å². The Morgan fingerprint density at radius 3 is 2.85 bits per heavy atom. The molecule has 0 saturated heterocycles. The van der Waals surface area contributed by atoms with Crippen LogP contribution in [0.2, 0.25) is 0 Å². The molecule has 0 aliphatic carbocycles. The van der Waals surface area contributed by atoms with E-state index >= 15 is 0 Å². The SMILES string of the molecule is CC(C)n1cc(C#N)c2cc(-c3nc(-c4cccc5c4CCN(CC(=O)O)C5)no3)ccc21.Cl. The molecule has 2 aromatic carbocycles. The average molecular weight is 478 g/mol. The van der Waals surface area contributed by atoms with Crippen LogP contribution in [-0.2, 0) is 17.8 Å². The number of nitrogens with zero attached hydrogens (tertiary/aromatic N) is 5. The molecule has 1 N–H and O–H groups in total. The molecule has 1 aliphatic rings. The molecule has 34 heavy (non-hydrogen) atoms. The highest BCUT2D eigenvalue weighted by molar-refractivity contribution is 5.90. The fourth-order valence-electron chi connectivity index (χ4n) is 4.56. The molecule has 0 atom stereocenters. The second-order valence-corrected chi connectivity index (χ2v) is 8.61. The maximum absolute atomic E-state index is 11.1. The number of benzene rings is 2. The van der Waals surface area contributed by atoms with Gasteiger partial charge in [-0.2, -0.15) is 10.2 Å². The lowest BCUT2D eigenvalue weighted by Gasteiger charge is -2.28. The van der Waals surface area contributed by atoms with Crippen molar-refractivity contribution in [2.75, 3.05) is 13.1 Å². The van der Waals surface area contributed by atoms with Crippen LogP contribution < -0.4 is 0 Å². The van der Waals surface area contributed by atoms with E-state index in [2.05, 4.69) is 34.6 Å². The van der Waals surface area contributed by atoms with E-state index in [0.717, 1.165) is 39.6 Å². The first-order valence-corrected chi connectivity index (χ1v) is 10.9. The predicted octanol–water partition coefficient (Wildman–Crippen LogP) is 4.68. The summed E-state index contributed by atoms with van der Waals surface area (Å²) in [5.41, 5.74) is 5.49. The van der Waals surface area contributed by atoms with Gasteiger partial charge >= 0.3 is 5.97 Å². The average Bonchev–Trinajstić information content (AvgIpc) is 3.43. The Hall–Kier alpha value is -3.67. The Bertz CT molecular complexity index is 1420. The smallest absolute Gasteiger partial charge is 0.317 e. The van der Waals surface area contributed by atoms with E-state index in [4.69, 9.17) is 9.63 Å². The zero-order valence-corrected chi connectivity index (χ0v) is 19.7. The van der Waals surface area contributed by atoms with Crippen molar-refractivity contribution in [2.45, 2.75) is 32.9 Å². The summed E-state index contributed by atoms with van der Waals surface area (Å²) in [6, 6.07) is 14.3. The van der Waals surface area contributed by atoms with Crippen molar-refractivity contribution in [3.63, 3.8) is 0 Å². The van der Waals surface area contributed by atoms with Crippen molar-refractivity contribution in [1.82, 2.24) is 19.6 Å². The van der Waals surface area contributed by atoms with Crippen molar-refractivity contribution in [3.05, 3.63) is 59.3 Å². The van der Waals surface area contributed by atoms with Gasteiger partial charge in [0.1, 0.15) is 6.07 Å². The molecule has 9 heteroatoms. The van der Waals surface area contributed by atoms with E-state index in [9.17, 15) is 10.1 Å². The van der Waals surface area contributed by atoms with Crippen LogP contribution in [0, 0.1) is 11.3 Å². The molecule has 0 unspecified atom stereocenters. The van der Waals surface area contributed by atoms with Gasteiger partial charge in [-0.1, -0.05) is 23.4 Å². The minimum atomic E-state index is -0.822. The van der Waals surface area contributed by atoms with Crippen LogP contribution in [0.3, 0.4) is 0 Å². The summed E-state index contributed by atoms with van der Waals surface area (Å²) in [6.07, 6.45) is 2.60. The van der Waals surface area contributed by atoms with E-state index < -0.39 is 5.97 Å². The fourth-order valence-corrected chi connectivity index (χ4v) is 4.56. The normalized spacial score (nSPS) is 13.5. The van der Waals surface area contributed by atoms with E-state index in [1.165, 1.54) is 0 Å². The van der Waals surface area contributed by atoms with E-state index in [1.54, 1.807) is 0 Å². The highest BCUT2D eigenvalue weighted by Crippen LogP contribution is 2.32. The molecule has 8 nitrogen and oxygen atoms in total. The summed E-state index contributed by atoms with van der Waals surface area (Å²) in [7, 11) is 0. The molecule has 0 spiro atoms. The Kier molecular flexibility index (Phi) is 6.42. The second kappa shape index (κ2) is 9.29. The molecule has 5 rings (SSSR count). The summed E-state index contributed by atoms with van der Waals surface area (Å²) in [5, 5.41) is 23.8. The van der Waals surface area contributed by atoms with Gasteiger partial charge in [-0.25, -0.2) is 0 Å². The van der Waals surface area contributed by atoms with Gasteiger partial charge in [-0.3, -0.25) is 9.69 Å². The Labute approximate surface area is 202 Å². The zero-order valence-electron chi connectivity index (χ0n) is 18.9. The summed E-state index contributed by atoms with van der Waals surface area (Å²) < 4.78 is 7.69. The fraction of sp³-hybridized carbons (Fsp3) is 0.280. The predicted molar refractivity (Wildman–Crippen MR) is 130 cm³/mol. The second-order valence-electron chi connectivity index (χ2n) is 8.61. The topological polar surface area (TPSA) is 108 Å². The molecular formula is C25H24ClN5O3. The summed E-state index contributed by atoms with van der Waals surface area (Å²) in [6.45, 7) is 5.45. The number of carbonyl (C=O) groups is 1. The monoisotopic (exact) mass is 477 g/mol. The quantitative estimate of drug-likeness (QED) is 0.444. The van der Waals surface area contributed by atoms with E-state index in [-0.39, 0.29) is 25.0 Å². The molecule has 0 fully saturated rings.